The molecule has 1 amide bonds. The first-order chi connectivity index (χ1) is 10.7. The highest BCUT2D eigenvalue weighted by Gasteiger charge is 2.41. The van der Waals surface area contributed by atoms with Gasteiger partial charge in [0, 0.05) is 45.7 Å². The van der Waals surface area contributed by atoms with E-state index in [0.29, 0.717) is 37.3 Å². The summed E-state index contributed by atoms with van der Waals surface area (Å²) in [6.45, 7) is 5.40. The van der Waals surface area contributed by atoms with Crippen LogP contribution in [0.1, 0.15) is 45.4 Å². The Kier molecular flexibility index (Phi) is 6.83. The number of hydrogen-bond acceptors (Lipinski definition) is 4. The van der Waals surface area contributed by atoms with E-state index in [1.54, 1.807) is 7.11 Å². The first-order valence-corrected chi connectivity index (χ1v) is 8.68. The molecule has 1 N–H and O–H groups in total. The maximum absolute atomic E-state index is 12.4. The zero-order valence-electron chi connectivity index (χ0n) is 14.0. The molecule has 22 heavy (non-hydrogen) atoms. The van der Waals surface area contributed by atoms with Crippen LogP contribution in [0.5, 0.6) is 0 Å². The van der Waals surface area contributed by atoms with Gasteiger partial charge in [-0.15, -0.1) is 0 Å². The fourth-order valence-corrected chi connectivity index (χ4v) is 3.96. The van der Waals surface area contributed by atoms with E-state index >= 15 is 0 Å². The minimum atomic E-state index is 0.0289. The summed E-state index contributed by atoms with van der Waals surface area (Å²) in [7, 11) is 1.67. The van der Waals surface area contributed by atoms with Crippen molar-refractivity contribution in [3.8, 4) is 0 Å². The molecule has 1 aliphatic heterocycles. The van der Waals surface area contributed by atoms with Gasteiger partial charge in [-0.1, -0.05) is 6.92 Å². The minimum absolute atomic E-state index is 0.0289. The van der Waals surface area contributed by atoms with Crippen LogP contribution in [0.15, 0.2) is 0 Å². The molecule has 2 fully saturated rings. The number of nitrogens with one attached hydrogen (secondary N) is 1. The number of nitrogens with zero attached hydrogens (tertiary/aromatic N) is 1. The first-order valence-electron chi connectivity index (χ1n) is 8.68. The summed E-state index contributed by atoms with van der Waals surface area (Å²) >= 11 is 0. The summed E-state index contributed by atoms with van der Waals surface area (Å²) in [5.41, 5.74) is 0. The molecule has 1 aliphatic carbocycles. The summed E-state index contributed by atoms with van der Waals surface area (Å²) in [6.07, 6.45) is 5.17. The normalized spacial score (nSPS) is 29.2. The van der Waals surface area contributed by atoms with Crippen molar-refractivity contribution in [3.63, 3.8) is 0 Å². The van der Waals surface area contributed by atoms with Crippen LogP contribution in [0, 0.1) is 11.8 Å². The Labute approximate surface area is 133 Å². The highest BCUT2D eigenvalue weighted by molar-refractivity contribution is 5.81. The number of ether oxygens (including phenoxy) is 1. The Morgan fingerprint density at radius 3 is 3.00 bits per heavy atom. The van der Waals surface area contributed by atoms with Crippen LogP contribution < -0.4 is 5.32 Å². The van der Waals surface area contributed by atoms with E-state index in [1.165, 1.54) is 0 Å². The zero-order valence-corrected chi connectivity index (χ0v) is 14.0. The number of rotatable bonds is 7. The third kappa shape index (κ3) is 4.53. The van der Waals surface area contributed by atoms with Crippen molar-refractivity contribution in [2.75, 3.05) is 33.4 Å². The van der Waals surface area contributed by atoms with E-state index in [4.69, 9.17) is 4.74 Å². The van der Waals surface area contributed by atoms with Crippen molar-refractivity contribution in [3.05, 3.63) is 0 Å². The average molecular weight is 310 g/mol. The first kappa shape index (κ1) is 17.4. The predicted octanol–water partition coefficient (Wildman–Crippen LogP) is 1.61. The van der Waals surface area contributed by atoms with Gasteiger partial charge in [-0.3, -0.25) is 14.5 Å². The number of piperidine rings is 1. The minimum Gasteiger partial charge on any atom is -0.385 e. The van der Waals surface area contributed by atoms with Crippen LogP contribution in [0.3, 0.4) is 0 Å². The van der Waals surface area contributed by atoms with E-state index in [2.05, 4.69) is 17.1 Å². The standard InChI is InChI=1S/C17H30N2O3/c1-3-8-19-12-14(17(21)18-7-4-9-22-2)10-13-11-15(20)5-6-16(13)19/h13-14,16H,3-12H2,1-2H3,(H,18,21)/t13-,14-,16-/m1/s1. The summed E-state index contributed by atoms with van der Waals surface area (Å²) in [5, 5.41) is 3.03. The van der Waals surface area contributed by atoms with Crippen molar-refractivity contribution < 1.29 is 14.3 Å². The molecule has 1 saturated carbocycles. The third-order valence-electron chi connectivity index (χ3n) is 4.97. The molecule has 0 aromatic carbocycles. The molecule has 3 atom stereocenters. The molecule has 0 radical (unpaired) electrons. The van der Waals surface area contributed by atoms with Crippen LogP contribution in [-0.2, 0) is 14.3 Å². The van der Waals surface area contributed by atoms with Crippen molar-refractivity contribution in [1.82, 2.24) is 10.2 Å². The van der Waals surface area contributed by atoms with Crippen LogP contribution in [0.2, 0.25) is 0 Å². The van der Waals surface area contributed by atoms with Gasteiger partial charge in [-0.25, -0.2) is 0 Å². The molecular formula is C17H30N2O3. The molecule has 0 bridgehead atoms. The van der Waals surface area contributed by atoms with Crippen molar-refractivity contribution >= 4 is 11.7 Å². The number of fused-ring (bicyclic) bond motifs is 1. The third-order valence-corrected chi connectivity index (χ3v) is 4.97. The van der Waals surface area contributed by atoms with Crippen molar-refractivity contribution in [2.45, 2.75) is 51.5 Å². The lowest BCUT2D eigenvalue weighted by atomic mass is 9.74. The molecule has 5 heteroatoms. The van der Waals surface area contributed by atoms with E-state index in [-0.39, 0.29) is 11.8 Å². The van der Waals surface area contributed by atoms with E-state index < -0.39 is 0 Å². The van der Waals surface area contributed by atoms with E-state index in [9.17, 15) is 9.59 Å². The fourth-order valence-electron chi connectivity index (χ4n) is 3.96. The van der Waals surface area contributed by atoms with Gasteiger partial charge in [-0.2, -0.15) is 0 Å². The molecule has 2 aliphatic rings. The Balaban J connectivity index is 1.91. The van der Waals surface area contributed by atoms with Gasteiger partial charge in [0.1, 0.15) is 5.78 Å². The van der Waals surface area contributed by atoms with Gasteiger partial charge in [0.25, 0.3) is 0 Å². The number of methoxy groups -OCH3 is 1. The summed E-state index contributed by atoms with van der Waals surface area (Å²) in [4.78, 5) is 26.6. The fraction of sp³-hybridized carbons (Fsp3) is 0.882. The summed E-state index contributed by atoms with van der Waals surface area (Å²) in [5.74, 6) is 0.921. The monoisotopic (exact) mass is 310 g/mol. The van der Waals surface area contributed by atoms with Gasteiger partial charge in [0.05, 0.1) is 5.92 Å². The van der Waals surface area contributed by atoms with Crippen molar-refractivity contribution in [2.24, 2.45) is 11.8 Å². The average Bonchev–Trinajstić information content (AvgIpc) is 2.51. The molecule has 2 rings (SSSR count). The SMILES string of the molecule is CCCN1C[C@H](C(=O)NCCCOC)C[C@@H]2CC(=O)CC[C@H]21. The Morgan fingerprint density at radius 1 is 1.45 bits per heavy atom. The Morgan fingerprint density at radius 2 is 2.27 bits per heavy atom. The number of Topliss-reactive ketones (excluding diaryl/α,β-unsaturated/α-hetero) is 1. The largest absolute Gasteiger partial charge is 0.385 e. The molecule has 0 spiro atoms. The zero-order chi connectivity index (χ0) is 15.9. The smallest absolute Gasteiger partial charge is 0.224 e. The van der Waals surface area contributed by atoms with Gasteiger partial charge in [-0.05, 0) is 38.1 Å². The lowest BCUT2D eigenvalue weighted by Gasteiger charge is -2.46. The van der Waals surface area contributed by atoms with Crippen LogP contribution in [0.25, 0.3) is 0 Å². The van der Waals surface area contributed by atoms with Gasteiger partial charge >= 0.3 is 0 Å². The number of carbonyl (C=O) groups excluding carboxylic acids is 2. The molecule has 0 aromatic rings. The molecule has 126 valence electrons. The molecule has 0 aromatic heterocycles. The maximum atomic E-state index is 12.4. The number of likely N-dealkylation sites (tertiary alicyclic amines) is 1. The van der Waals surface area contributed by atoms with E-state index in [0.717, 1.165) is 45.2 Å². The second-order valence-electron chi connectivity index (χ2n) is 6.67. The molecule has 5 nitrogen and oxygen atoms in total. The Bertz CT molecular complexity index is 386. The quantitative estimate of drug-likeness (QED) is 0.726. The van der Waals surface area contributed by atoms with Crippen LogP contribution >= 0.6 is 0 Å². The van der Waals surface area contributed by atoms with Gasteiger partial charge < -0.3 is 10.1 Å². The lowest BCUT2D eigenvalue weighted by molar-refractivity contribution is -0.133. The van der Waals surface area contributed by atoms with Crippen LogP contribution in [0.4, 0.5) is 0 Å². The molecule has 1 heterocycles. The summed E-state index contributed by atoms with van der Waals surface area (Å²) < 4.78 is 5.00. The second-order valence-corrected chi connectivity index (χ2v) is 6.67. The number of hydrogen-bond donors (Lipinski definition) is 1. The maximum Gasteiger partial charge on any atom is 0.224 e. The summed E-state index contributed by atoms with van der Waals surface area (Å²) in [6, 6.07) is 0.509. The Hall–Kier alpha value is -0.940. The van der Waals surface area contributed by atoms with E-state index in [1.807, 2.05) is 0 Å². The lowest BCUT2D eigenvalue weighted by Crippen LogP contribution is -2.54. The topological polar surface area (TPSA) is 58.6 Å². The van der Waals surface area contributed by atoms with Crippen LogP contribution in [-0.4, -0.2) is 56.0 Å². The highest BCUT2D eigenvalue weighted by Crippen LogP contribution is 2.36. The predicted molar refractivity (Wildman–Crippen MR) is 85.6 cm³/mol. The number of carbonyl (C=O) groups is 2. The molecular weight excluding hydrogens is 280 g/mol. The molecule has 1 saturated heterocycles. The number of amides is 1. The van der Waals surface area contributed by atoms with Crippen molar-refractivity contribution in [1.29, 1.82) is 0 Å². The second kappa shape index (κ2) is 8.63. The highest BCUT2D eigenvalue weighted by atomic mass is 16.5. The van der Waals surface area contributed by atoms with Gasteiger partial charge in [0.2, 0.25) is 5.91 Å². The molecule has 0 unspecified atom stereocenters. The number of ketones is 1. The van der Waals surface area contributed by atoms with Gasteiger partial charge in [0.15, 0.2) is 0 Å².